The number of fused-ring (bicyclic) bond motifs is 1. The predicted molar refractivity (Wildman–Crippen MR) is 140 cm³/mol. The molecule has 2 heterocycles. The molecule has 1 aliphatic rings. The highest BCUT2D eigenvalue weighted by molar-refractivity contribution is 6.06. The number of hydrogen-bond donors (Lipinski definition) is 3. The van der Waals surface area contributed by atoms with Crippen molar-refractivity contribution in [3.8, 4) is 0 Å². The van der Waals surface area contributed by atoms with Gasteiger partial charge in [-0.25, -0.2) is 4.79 Å². The van der Waals surface area contributed by atoms with Crippen molar-refractivity contribution < 1.29 is 19.2 Å². The second-order valence-electron chi connectivity index (χ2n) is 8.69. The number of imide groups is 1. The summed E-state index contributed by atoms with van der Waals surface area (Å²) in [5.74, 6) is -0.909. The molecule has 0 radical (unpaired) electrons. The number of carbonyl (C=O) groups is 4. The van der Waals surface area contributed by atoms with E-state index in [1.165, 1.54) is 0 Å². The van der Waals surface area contributed by atoms with E-state index in [4.69, 9.17) is 0 Å². The first-order valence-electron chi connectivity index (χ1n) is 11.9. The first kappa shape index (κ1) is 23.8. The van der Waals surface area contributed by atoms with Crippen molar-refractivity contribution in [1.82, 2.24) is 14.8 Å². The third-order valence-electron chi connectivity index (χ3n) is 6.15. The zero-order valence-corrected chi connectivity index (χ0v) is 19.9. The Morgan fingerprint density at radius 3 is 2.22 bits per heavy atom. The minimum absolute atomic E-state index is 0.0103. The van der Waals surface area contributed by atoms with E-state index in [9.17, 15) is 19.2 Å². The Morgan fingerprint density at radius 1 is 0.838 bits per heavy atom. The summed E-state index contributed by atoms with van der Waals surface area (Å²) in [5, 5.41) is 9.07. The quantitative estimate of drug-likeness (QED) is 0.323. The van der Waals surface area contributed by atoms with Crippen LogP contribution in [0.4, 0.5) is 16.2 Å². The van der Waals surface area contributed by atoms with Gasteiger partial charge in [0.2, 0.25) is 11.8 Å². The molecular formula is C28H25N5O4. The topological polar surface area (TPSA) is 113 Å². The van der Waals surface area contributed by atoms with Gasteiger partial charge in [-0.1, -0.05) is 48.5 Å². The number of rotatable bonds is 8. The fourth-order valence-electron chi connectivity index (χ4n) is 4.29. The number of amides is 5. The highest BCUT2D eigenvalue weighted by Crippen LogP contribution is 2.23. The van der Waals surface area contributed by atoms with Gasteiger partial charge in [0.1, 0.15) is 5.69 Å². The average molecular weight is 496 g/mol. The number of aromatic nitrogens is 1. The first-order valence-corrected chi connectivity index (χ1v) is 11.9. The molecule has 1 saturated heterocycles. The van der Waals surface area contributed by atoms with E-state index in [1.54, 1.807) is 24.3 Å². The predicted octanol–water partition coefficient (Wildman–Crippen LogP) is 3.82. The zero-order chi connectivity index (χ0) is 25.8. The molecule has 0 unspecified atom stereocenters. The molecule has 1 fully saturated rings. The minimum Gasteiger partial charge on any atom is -0.332 e. The van der Waals surface area contributed by atoms with Crippen LogP contribution in [0.2, 0.25) is 0 Å². The summed E-state index contributed by atoms with van der Waals surface area (Å²) in [6.07, 6.45) is -0.0103. The largest absolute Gasteiger partial charge is 0.332 e. The third kappa shape index (κ3) is 5.35. The molecular weight excluding hydrogens is 470 g/mol. The number of benzene rings is 3. The van der Waals surface area contributed by atoms with Gasteiger partial charge >= 0.3 is 6.03 Å². The Bertz CT molecular complexity index is 1460. The standard InChI is InChI=1S/C28H25N5O4/c34-25(14-15-32-26(35)17-29-28(32)37)30-21-10-12-22(13-11-21)31-27(36)24-16-20-8-4-5-9-23(20)33(24)18-19-6-2-1-3-7-19/h1-13,16H,14-15,17-18H2,(H,29,37)(H,30,34)(H,31,36). The van der Waals surface area contributed by atoms with Crippen LogP contribution >= 0.6 is 0 Å². The lowest BCUT2D eigenvalue weighted by atomic mass is 10.2. The minimum atomic E-state index is -0.485. The normalized spacial score (nSPS) is 13.0. The average Bonchev–Trinajstić information content (AvgIpc) is 3.43. The molecule has 4 aromatic rings. The number of carbonyl (C=O) groups excluding carboxylic acids is 4. The van der Waals surface area contributed by atoms with Crippen LogP contribution in [0, 0.1) is 0 Å². The second kappa shape index (κ2) is 10.4. The van der Waals surface area contributed by atoms with Crippen LogP contribution in [0.1, 0.15) is 22.5 Å². The summed E-state index contributed by atoms with van der Waals surface area (Å²) in [6.45, 7) is 0.537. The van der Waals surface area contributed by atoms with Crippen LogP contribution in [0.25, 0.3) is 10.9 Å². The lowest BCUT2D eigenvalue weighted by molar-refractivity contribution is -0.125. The molecule has 1 aliphatic heterocycles. The molecule has 37 heavy (non-hydrogen) atoms. The van der Waals surface area contributed by atoms with Crippen LogP contribution in [0.15, 0.2) is 84.9 Å². The Kier molecular flexibility index (Phi) is 6.67. The van der Waals surface area contributed by atoms with Crippen molar-refractivity contribution in [2.75, 3.05) is 23.7 Å². The van der Waals surface area contributed by atoms with Gasteiger partial charge in [0.05, 0.1) is 6.54 Å². The van der Waals surface area contributed by atoms with Crippen LogP contribution in [-0.4, -0.2) is 46.3 Å². The molecule has 0 atom stereocenters. The maximum Gasteiger partial charge on any atom is 0.324 e. The number of urea groups is 1. The number of hydrogen-bond acceptors (Lipinski definition) is 4. The van der Waals surface area contributed by atoms with Crippen LogP contribution < -0.4 is 16.0 Å². The fraction of sp³-hybridized carbons (Fsp3) is 0.143. The highest BCUT2D eigenvalue weighted by atomic mass is 16.2. The Morgan fingerprint density at radius 2 is 1.51 bits per heavy atom. The summed E-state index contributed by atoms with van der Waals surface area (Å²) >= 11 is 0. The molecule has 9 heteroatoms. The van der Waals surface area contributed by atoms with Gasteiger partial charge in [0.25, 0.3) is 5.91 Å². The van der Waals surface area contributed by atoms with Crippen molar-refractivity contribution in [2.45, 2.75) is 13.0 Å². The van der Waals surface area contributed by atoms with Gasteiger partial charge in [-0.15, -0.1) is 0 Å². The van der Waals surface area contributed by atoms with Crippen LogP contribution in [-0.2, 0) is 16.1 Å². The molecule has 0 aliphatic carbocycles. The molecule has 9 nitrogen and oxygen atoms in total. The van der Waals surface area contributed by atoms with Gasteiger partial charge in [0, 0.05) is 41.8 Å². The van der Waals surface area contributed by atoms with Gasteiger partial charge in [-0.05, 0) is 42.0 Å². The summed E-state index contributed by atoms with van der Waals surface area (Å²) < 4.78 is 2.00. The van der Waals surface area contributed by atoms with E-state index >= 15 is 0 Å². The molecule has 186 valence electrons. The van der Waals surface area contributed by atoms with E-state index in [1.807, 2.05) is 65.2 Å². The maximum atomic E-state index is 13.3. The summed E-state index contributed by atoms with van der Waals surface area (Å²) in [5.41, 5.74) is 3.73. The maximum absolute atomic E-state index is 13.3. The Hall–Kier alpha value is -4.92. The van der Waals surface area contributed by atoms with Crippen molar-refractivity contribution in [3.63, 3.8) is 0 Å². The molecule has 5 rings (SSSR count). The molecule has 3 aromatic carbocycles. The van der Waals surface area contributed by atoms with E-state index < -0.39 is 6.03 Å². The van der Waals surface area contributed by atoms with Gasteiger partial charge < -0.3 is 20.5 Å². The molecule has 0 saturated carbocycles. The number of nitrogens with one attached hydrogen (secondary N) is 3. The monoisotopic (exact) mass is 495 g/mol. The van der Waals surface area contributed by atoms with Gasteiger partial charge in [-0.3, -0.25) is 19.3 Å². The van der Waals surface area contributed by atoms with Gasteiger partial charge in [0.15, 0.2) is 0 Å². The molecule has 0 spiro atoms. The fourth-order valence-corrected chi connectivity index (χ4v) is 4.29. The van der Waals surface area contributed by atoms with Crippen LogP contribution in [0.5, 0.6) is 0 Å². The second-order valence-corrected chi connectivity index (χ2v) is 8.69. The molecule has 5 amide bonds. The Balaban J connectivity index is 1.24. The summed E-state index contributed by atoms with van der Waals surface area (Å²) in [7, 11) is 0. The van der Waals surface area contributed by atoms with E-state index in [-0.39, 0.29) is 37.2 Å². The Labute approximate surface area is 213 Å². The lowest BCUT2D eigenvalue weighted by Crippen LogP contribution is -2.33. The number of para-hydroxylation sites is 1. The van der Waals surface area contributed by atoms with Gasteiger partial charge in [-0.2, -0.15) is 0 Å². The van der Waals surface area contributed by atoms with E-state index in [2.05, 4.69) is 16.0 Å². The zero-order valence-electron chi connectivity index (χ0n) is 19.9. The van der Waals surface area contributed by atoms with E-state index in [0.29, 0.717) is 23.6 Å². The number of anilines is 2. The van der Waals surface area contributed by atoms with Crippen molar-refractivity contribution in [1.29, 1.82) is 0 Å². The van der Waals surface area contributed by atoms with Crippen molar-refractivity contribution in [2.24, 2.45) is 0 Å². The molecule has 3 N–H and O–H groups in total. The first-order chi connectivity index (χ1) is 18.0. The summed E-state index contributed by atoms with van der Waals surface area (Å²) in [4.78, 5) is 49.7. The summed E-state index contributed by atoms with van der Waals surface area (Å²) in [6, 6.07) is 26.0. The van der Waals surface area contributed by atoms with Crippen molar-refractivity contribution in [3.05, 3.63) is 96.2 Å². The SMILES string of the molecule is O=C(CCN1C(=O)CNC1=O)Nc1ccc(NC(=O)c2cc3ccccc3n2Cc2ccccc2)cc1. The number of nitrogens with zero attached hydrogens (tertiary/aromatic N) is 2. The molecule has 1 aromatic heterocycles. The highest BCUT2D eigenvalue weighted by Gasteiger charge is 2.28. The van der Waals surface area contributed by atoms with Crippen LogP contribution in [0.3, 0.4) is 0 Å². The van der Waals surface area contributed by atoms with E-state index in [0.717, 1.165) is 21.4 Å². The third-order valence-corrected chi connectivity index (χ3v) is 6.15. The van der Waals surface area contributed by atoms with Crippen molar-refractivity contribution >= 4 is 46.0 Å². The molecule has 0 bridgehead atoms. The lowest BCUT2D eigenvalue weighted by Gasteiger charge is -2.13. The smallest absolute Gasteiger partial charge is 0.324 e.